The summed E-state index contributed by atoms with van der Waals surface area (Å²) in [6, 6.07) is -0.0590. The third-order valence-electron chi connectivity index (χ3n) is 2.89. The van der Waals surface area contributed by atoms with Gasteiger partial charge in [0.05, 0.1) is 12.1 Å². The number of rotatable bonds is 5. The fourth-order valence-corrected chi connectivity index (χ4v) is 3.01. The Hall–Kier alpha value is -1.20. The van der Waals surface area contributed by atoms with E-state index in [2.05, 4.69) is 25.8 Å². The molecule has 0 aromatic carbocycles. The maximum Gasteiger partial charge on any atom is 0.193 e. The fourth-order valence-electron chi connectivity index (χ4n) is 2.29. The second kappa shape index (κ2) is 5.43. The lowest BCUT2D eigenvalue weighted by molar-refractivity contribution is -0.118. The second-order valence-corrected chi connectivity index (χ2v) is 7.14. The van der Waals surface area contributed by atoms with Gasteiger partial charge in [0.25, 0.3) is 0 Å². The van der Waals surface area contributed by atoms with Crippen molar-refractivity contribution in [1.29, 1.82) is 0 Å². The van der Waals surface area contributed by atoms with Crippen LogP contribution in [-0.4, -0.2) is 21.2 Å². The number of nitrogens with zero attached hydrogens (tertiary/aromatic N) is 2. The molecule has 19 heavy (non-hydrogen) atoms. The van der Waals surface area contributed by atoms with E-state index in [1.807, 2.05) is 22.2 Å². The molecule has 1 atom stereocenters. The highest BCUT2D eigenvalue weighted by Gasteiger charge is 2.18. The number of carbonyl (C=O) groups excluding carboxylic acids is 1. The van der Waals surface area contributed by atoms with E-state index in [0.717, 1.165) is 17.1 Å². The van der Waals surface area contributed by atoms with Crippen LogP contribution in [0.15, 0.2) is 17.8 Å². The van der Waals surface area contributed by atoms with Gasteiger partial charge >= 0.3 is 0 Å². The number of ketones is 1. The largest absolute Gasteiger partial charge is 0.327 e. The molecule has 0 aliphatic carbocycles. The minimum absolute atomic E-state index is 0.0590. The SMILES string of the molecule is CC(C)(C)CC(N)CC(=O)Cc1cn2ccsc2n1. The van der Waals surface area contributed by atoms with E-state index in [1.54, 1.807) is 11.3 Å². The van der Waals surface area contributed by atoms with Gasteiger partial charge in [-0.1, -0.05) is 20.8 Å². The first kappa shape index (κ1) is 14.2. The van der Waals surface area contributed by atoms with Crippen LogP contribution in [0.25, 0.3) is 4.96 Å². The standard InChI is InChI=1S/C14H21N3OS/c1-14(2,3)8-10(15)6-12(18)7-11-9-17-4-5-19-13(17)16-11/h4-5,9-10H,6-8,15H2,1-3H3. The number of hydrogen-bond acceptors (Lipinski definition) is 4. The van der Waals surface area contributed by atoms with Gasteiger partial charge in [0, 0.05) is 30.2 Å². The minimum Gasteiger partial charge on any atom is -0.327 e. The van der Waals surface area contributed by atoms with Gasteiger partial charge in [-0.2, -0.15) is 0 Å². The molecule has 0 spiro atoms. The van der Waals surface area contributed by atoms with Crippen LogP contribution in [0.3, 0.4) is 0 Å². The molecule has 4 nitrogen and oxygen atoms in total. The predicted molar refractivity (Wildman–Crippen MR) is 78.4 cm³/mol. The first-order chi connectivity index (χ1) is 8.83. The number of hydrogen-bond donors (Lipinski definition) is 1. The Labute approximate surface area is 117 Å². The number of thiazole rings is 1. The van der Waals surface area contributed by atoms with Crippen molar-refractivity contribution in [2.24, 2.45) is 11.1 Å². The van der Waals surface area contributed by atoms with E-state index in [-0.39, 0.29) is 17.2 Å². The zero-order valence-electron chi connectivity index (χ0n) is 11.7. The summed E-state index contributed by atoms with van der Waals surface area (Å²) >= 11 is 1.57. The lowest BCUT2D eigenvalue weighted by atomic mass is 9.86. The molecule has 0 fully saturated rings. The summed E-state index contributed by atoms with van der Waals surface area (Å²) in [5, 5.41) is 1.98. The molecule has 0 aliphatic rings. The van der Waals surface area contributed by atoms with Gasteiger partial charge in [0.2, 0.25) is 0 Å². The molecular weight excluding hydrogens is 258 g/mol. The third-order valence-corrected chi connectivity index (χ3v) is 3.66. The number of carbonyl (C=O) groups is 1. The van der Waals surface area contributed by atoms with Gasteiger partial charge in [0.1, 0.15) is 5.78 Å². The Morgan fingerprint density at radius 1 is 1.53 bits per heavy atom. The molecule has 2 aromatic rings. The Morgan fingerprint density at radius 3 is 2.89 bits per heavy atom. The average Bonchev–Trinajstić information content (AvgIpc) is 2.73. The summed E-state index contributed by atoms with van der Waals surface area (Å²) < 4.78 is 1.95. The van der Waals surface area contributed by atoms with Crippen molar-refractivity contribution in [3.05, 3.63) is 23.5 Å². The molecule has 104 valence electrons. The lowest BCUT2D eigenvalue weighted by Gasteiger charge is -2.22. The average molecular weight is 279 g/mol. The second-order valence-electron chi connectivity index (χ2n) is 6.27. The summed E-state index contributed by atoms with van der Waals surface area (Å²) in [5.74, 6) is 0.169. The molecule has 5 heteroatoms. The van der Waals surface area contributed by atoms with Gasteiger partial charge < -0.3 is 5.73 Å². The molecule has 0 aliphatic heterocycles. The van der Waals surface area contributed by atoms with Crippen molar-refractivity contribution < 1.29 is 4.79 Å². The maximum absolute atomic E-state index is 12.0. The van der Waals surface area contributed by atoms with Crippen molar-refractivity contribution >= 4 is 22.1 Å². The van der Waals surface area contributed by atoms with Crippen molar-refractivity contribution in [2.45, 2.75) is 46.1 Å². The van der Waals surface area contributed by atoms with Crippen LogP contribution in [0, 0.1) is 5.41 Å². The van der Waals surface area contributed by atoms with Crippen LogP contribution in [-0.2, 0) is 11.2 Å². The van der Waals surface area contributed by atoms with E-state index in [4.69, 9.17) is 5.73 Å². The molecule has 0 saturated carbocycles. The quantitative estimate of drug-likeness (QED) is 0.915. The molecule has 2 N–H and O–H groups in total. The zero-order valence-corrected chi connectivity index (χ0v) is 12.5. The van der Waals surface area contributed by atoms with Crippen LogP contribution in [0.5, 0.6) is 0 Å². The maximum atomic E-state index is 12.0. The molecule has 0 radical (unpaired) electrons. The Balaban J connectivity index is 1.89. The number of fused-ring (bicyclic) bond motifs is 1. The van der Waals surface area contributed by atoms with Crippen molar-refractivity contribution in [3.8, 4) is 0 Å². The van der Waals surface area contributed by atoms with Gasteiger partial charge in [0.15, 0.2) is 4.96 Å². The van der Waals surface area contributed by atoms with Gasteiger partial charge in [-0.15, -0.1) is 11.3 Å². The highest BCUT2D eigenvalue weighted by Crippen LogP contribution is 2.21. The summed E-state index contributed by atoms with van der Waals surface area (Å²) in [5.41, 5.74) is 7.02. The van der Waals surface area contributed by atoms with Crippen molar-refractivity contribution in [1.82, 2.24) is 9.38 Å². The Morgan fingerprint density at radius 2 is 2.26 bits per heavy atom. The first-order valence-electron chi connectivity index (χ1n) is 6.52. The summed E-state index contributed by atoms with van der Waals surface area (Å²) in [4.78, 5) is 17.3. The van der Waals surface area contributed by atoms with E-state index in [9.17, 15) is 4.79 Å². The topological polar surface area (TPSA) is 60.4 Å². The summed E-state index contributed by atoms with van der Waals surface area (Å²) in [6.07, 6.45) is 5.54. The Bertz CT molecular complexity index is 536. The fraction of sp³-hybridized carbons (Fsp3) is 0.571. The van der Waals surface area contributed by atoms with Crippen LogP contribution in [0.4, 0.5) is 0 Å². The van der Waals surface area contributed by atoms with E-state index < -0.39 is 0 Å². The highest BCUT2D eigenvalue weighted by molar-refractivity contribution is 7.15. The Kier molecular flexibility index (Phi) is 4.06. The van der Waals surface area contributed by atoms with Gasteiger partial charge in [-0.25, -0.2) is 4.98 Å². The van der Waals surface area contributed by atoms with E-state index in [0.29, 0.717) is 12.8 Å². The molecule has 0 amide bonds. The minimum atomic E-state index is -0.0590. The molecular formula is C14H21N3OS. The monoisotopic (exact) mass is 279 g/mol. The van der Waals surface area contributed by atoms with Crippen LogP contribution >= 0.6 is 11.3 Å². The molecule has 0 saturated heterocycles. The van der Waals surface area contributed by atoms with Crippen LogP contribution in [0.2, 0.25) is 0 Å². The predicted octanol–water partition coefficient (Wildman–Crippen LogP) is 2.66. The zero-order chi connectivity index (χ0) is 14.0. The van der Waals surface area contributed by atoms with Gasteiger partial charge in [-0.3, -0.25) is 9.20 Å². The third kappa shape index (κ3) is 4.14. The molecule has 0 bridgehead atoms. The van der Waals surface area contributed by atoms with Crippen molar-refractivity contribution in [2.75, 3.05) is 0 Å². The number of Topliss-reactive ketones (excluding diaryl/α,β-unsaturated/α-hetero) is 1. The van der Waals surface area contributed by atoms with Gasteiger partial charge in [-0.05, 0) is 11.8 Å². The molecule has 2 rings (SSSR count). The summed E-state index contributed by atoms with van der Waals surface area (Å²) in [7, 11) is 0. The number of aromatic nitrogens is 2. The smallest absolute Gasteiger partial charge is 0.193 e. The van der Waals surface area contributed by atoms with Crippen LogP contribution in [0.1, 0.15) is 39.3 Å². The highest BCUT2D eigenvalue weighted by atomic mass is 32.1. The summed E-state index contributed by atoms with van der Waals surface area (Å²) in [6.45, 7) is 6.42. The number of nitrogens with two attached hydrogens (primary N) is 1. The van der Waals surface area contributed by atoms with E-state index in [1.165, 1.54) is 0 Å². The normalized spacial score (nSPS) is 13.9. The molecule has 2 aromatic heterocycles. The van der Waals surface area contributed by atoms with Crippen molar-refractivity contribution in [3.63, 3.8) is 0 Å². The van der Waals surface area contributed by atoms with E-state index >= 15 is 0 Å². The molecule has 1 unspecified atom stereocenters. The number of imidazole rings is 1. The first-order valence-corrected chi connectivity index (χ1v) is 7.40. The lowest BCUT2D eigenvalue weighted by Crippen LogP contribution is -2.29. The molecule has 2 heterocycles. The van der Waals surface area contributed by atoms with Crippen LogP contribution < -0.4 is 5.73 Å².